The lowest BCUT2D eigenvalue weighted by atomic mass is 10.1. The lowest BCUT2D eigenvalue weighted by Gasteiger charge is -2.29. The van der Waals surface area contributed by atoms with E-state index in [4.69, 9.17) is 16.3 Å². The second-order valence-electron chi connectivity index (χ2n) is 6.98. The highest BCUT2D eigenvalue weighted by Crippen LogP contribution is 2.19. The molecule has 0 radical (unpaired) electrons. The molecule has 0 aliphatic carbocycles. The van der Waals surface area contributed by atoms with Crippen LogP contribution in [0.1, 0.15) is 31.9 Å². The molecular formula is C22H27ClN2O3. The molecule has 0 aliphatic heterocycles. The largest absolute Gasteiger partial charge is 0.497 e. The zero-order valence-electron chi connectivity index (χ0n) is 16.7. The van der Waals surface area contributed by atoms with Crippen molar-refractivity contribution in [1.82, 2.24) is 10.2 Å². The Kier molecular flexibility index (Phi) is 7.88. The van der Waals surface area contributed by atoms with E-state index in [9.17, 15) is 9.59 Å². The maximum absolute atomic E-state index is 13.1. The van der Waals surface area contributed by atoms with E-state index in [1.807, 2.05) is 56.3 Å². The average molecular weight is 403 g/mol. The third-order valence-corrected chi connectivity index (χ3v) is 4.78. The molecule has 0 heterocycles. The molecule has 1 atom stereocenters. The van der Waals surface area contributed by atoms with E-state index < -0.39 is 6.04 Å². The van der Waals surface area contributed by atoms with Gasteiger partial charge < -0.3 is 15.0 Å². The van der Waals surface area contributed by atoms with Crippen LogP contribution in [-0.4, -0.2) is 35.9 Å². The molecule has 1 unspecified atom stereocenters. The third-order valence-electron chi connectivity index (χ3n) is 4.41. The normalized spacial score (nSPS) is 11.8. The number of hydrogen-bond acceptors (Lipinski definition) is 3. The van der Waals surface area contributed by atoms with Gasteiger partial charge in [0.25, 0.3) is 0 Å². The van der Waals surface area contributed by atoms with Crippen molar-refractivity contribution >= 4 is 23.4 Å². The van der Waals surface area contributed by atoms with Crippen LogP contribution >= 0.6 is 11.6 Å². The van der Waals surface area contributed by atoms with Gasteiger partial charge in [0.2, 0.25) is 11.8 Å². The molecule has 1 N–H and O–H groups in total. The number of rotatable bonds is 8. The number of carbonyl (C=O) groups excluding carboxylic acids is 2. The third kappa shape index (κ3) is 5.99. The summed E-state index contributed by atoms with van der Waals surface area (Å²) in [6, 6.07) is 14.1. The quantitative estimate of drug-likeness (QED) is 0.729. The summed E-state index contributed by atoms with van der Waals surface area (Å²) in [6.07, 6.45) is 0.134. The number of amides is 2. The number of hydrogen-bond donors (Lipinski definition) is 1. The Labute approximate surface area is 171 Å². The molecular weight excluding hydrogens is 376 g/mol. The minimum absolute atomic E-state index is 0.00328. The number of nitrogens with one attached hydrogen (secondary N) is 1. The number of carbonyl (C=O) groups is 2. The topological polar surface area (TPSA) is 58.6 Å². The minimum atomic E-state index is -0.612. The zero-order chi connectivity index (χ0) is 20.7. The van der Waals surface area contributed by atoms with Gasteiger partial charge in [0, 0.05) is 17.6 Å². The van der Waals surface area contributed by atoms with Crippen LogP contribution in [0, 0.1) is 0 Å². The highest BCUT2D eigenvalue weighted by molar-refractivity contribution is 6.31. The van der Waals surface area contributed by atoms with E-state index in [-0.39, 0.29) is 24.3 Å². The first kappa shape index (κ1) is 21.8. The molecule has 28 heavy (non-hydrogen) atoms. The molecule has 5 nitrogen and oxygen atoms in total. The fraction of sp³-hybridized carbons (Fsp3) is 0.364. The van der Waals surface area contributed by atoms with Crippen molar-refractivity contribution in [3.05, 3.63) is 64.7 Å². The first-order valence-corrected chi connectivity index (χ1v) is 9.65. The van der Waals surface area contributed by atoms with Crippen molar-refractivity contribution in [2.45, 2.75) is 45.8 Å². The summed E-state index contributed by atoms with van der Waals surface area (Å²) < 4.78 is 5.18. The Bertz CT molecular complexity index is 806. The van der Waals surface area contributed by atoms with Gasteiger partial charge in [-0.05, 0) is 50.1 Å². The van der Waals surface area contributed by atoms with Crippen molar-refractivity contribution < 1.29 is 14.3 Å². The highest BCUT2D eigenvalue weighted by Gasteiger charge is 2.27. The Morgan fingerprint density at radius 1 is 1.07 bits per heavy atom. The van der Waals surface area contributed by atoms with Gasteiger partial charge in [0.1, 0.15) is 11.8 Å². The molecule has 0 saturated heterocycles. The van der Waals surface area contributed by atoms with Crippen LogP contribution in [0.5, 0.6) is 5.75 Å². The fourth-order valence-electron chi connectivity index (χ4n) is 2.82. The maximum Gasteiger partial charge on any atom is 0.242 e. The Morgan fingerprint density at radius 3 is 2.29 bits per heavy atom. The molecule has 0 fully saturated rings. The van der Waals surface area contributed by atoms with Crippen LogP contribution in [0.4, 0.5) is 0 Å². The van der Waals surface area contributed by atoms with Gasteiger partial charge in [0.05, 0.1) is 13.5 Å². The van der Waals surface area contributed by atoms with Crippen molar-refractivity contribution in [3.8, 4) is 5.75 Å². The number of halogens is 1. The predicted molar refractivity (Wildman–Crippen MR) is 111 cm³/mol. The van der Waals surface area contributed by atoms with E-state index in [1.165, 1.54) is 0 Å². The van der Waals surface area contributed by atoms with Crippen LogP contribution in [0.15, 0.2) is 48.5 Å². The van der Waals surface area contributed by atoms with Gasteiger partial charge >= 0.3 is 0 Å². The summed E-state index contributed by atoms with van der Waals surface area (Å²) in [7, 11) is 1.60. The Hall–Kier alpha value is -2.53. The molecule has 6 heteroatoms. The van der Waals surface area contributed by atoms with E-state index in [1.54, 1.807) is 25.0 Å². The molecule has 150 valence electrons. The highest BCUT2D eigenvalue weighted by atomic mass is 35.5. The zero-order valence-corrected chi connectivity index (χ0v) is 17.5. The van der Waals surface area contributed by atoms with Crippen molar-refractivity contribution in [1.29, 1.82) is 0 Å². The second kappa shape index (κ2) is 10.1. The van der Waals surface area contributed by atoms with E-state index in [0.717, 1.165) is 16.9 Å². The molecule has 2 amide bonds. The van der Waals surface area contributed by atoms with Gasteiger partial charge in [-0.1, -0.05) is 41.9 Å². The predicted octanol–water partition coefficient (Wildman–Crippen LogP) is 3.83. The summed E-state index contributed by atoms with van der Waals surface area (Å²) in [4.78, 5) is 27.2. The smallest absolute Gasteiger partial charge is 0.242 e. The van der Waals surface area contributed by atoms with Crippen LogP contribution in [0.3, 0.4) is 0 Å². The maximum atomic E-state index is 13.1. The summed E-state index contributed by atoms with van der Waals surface area (Å²) in [6.45, 7) is 5.85. The van der Waals surface area contributed by atoms with Crippen molar-refractivity contribution in [2.24, 2.45) is 0 Å². The van der Waals surface area contributed by atoms with Gasteiger partial charge in [-0.25, -0.2) is 0 Å². The molecule has 2 aromatic carbocycles. The first-order valence-electron chi connectivity index (χ1n) is 9.28. The molecule has 2 rings (SSSR count). The van der Waals surface area contributed by atoms with E-state index in [0.29, 0.717) is 11.6 Å². The summed E-state index contributed by atoms with van der Waals surface area (Å²) in [5, 5.41) is 3.42. The summed E-state index contributed by atoms with van der Waals surface area (Å²) in [5.41, 5.74) is 1.66. The Morgan fingerprint density at radius 2 is 1.71 bits per heavy atom. The average Bonchev–Trinajstić information content (AvgIpc) is 2.67. The number of ether oxygens (including phenoxy) is 1. The van der Waals surface area contributed by atoms with Crippen LogP contribution in [0.2, 0.25) is 5.02 Å². The number of nitrogens with zero attached hydrogens (tertiary/aromatic N) is 1. The second-order valence-corrected chi connectivity index (χ2v) is 7.38. The van der Waals surface area contributed by atoms with Gasteiger partial charge in [-0.2, -0.15) is 0 Å². The van der Waals surface area contributed by atoms with Crippen LogP contribution < -0.4 is 10.1 Å². The standard InChI is InChI=1S/C22H27ClN2O3/c1-15(2)24-22(27)16(3)25(14-17-9-11-19(28-4)12-10-17)21(26)13-18-7-5-6-8-20(18)23/h5-12,15-16H,13-14H2,1-4H3,(H,24,27). The molecule has 0 bridgehead atoms. The summed E-state index contributed by atoms with van der Waals surface area (Å²) >= 11 is 6.21. The van der Waals surface area contributed by atoms with E-state index in [2.05, 4.69) is 5.32 Å². The van der Waals surface area contributed by atoms with Gasteiger partial charge in [0.15, 0.2) is 0 Å². The van der Waals surface area contributed by atoms with E-state index >= 15 is 0 Å². The van der Waals surface area contributed by atoms with Crippen molar-refractivity contribution in [3.63, 3.8) is 0 Å². The molecule has 0 spiro atoms. The fourth-order valence-corrected chi connectivity index (χ4v) is 3.02. The van der Waals surface area contributed by atoms with Crippen molar-refractivity contribution in [2.75, 3.05) is 7.11 Å². The molecule has 2 aromatic rings. The lowest BCUT2D eigenvalue weighted by molar-refractivity contribution is -0.140. The monoisotopic (exact) mass is 402 g/mol. The number of methoxy groups -OCH3 is 1. The summed E-state index contributed by atoms with van der Waals surface area (Å²) in [5.74, 6) is 0.398. The Balaban J connectivity index is 2.24. The van der Waals surface area contributed by atoms with Crippen LogP contribution in [-0.2, 0) is 22.6 Å². The molecule has 0 aromatic heterocycles. The SMILES string of the molecule is COc1ccc(CN(C(=O)Cc2ccccc2Cl)C(C)C(=O)NC(C)C)cc1. The first-order chi connectivity index (χ1) is 13.3. The molecule has 0 aliphatic rings. The minimum Gasteiger partial charge on any atom is -0.497 e. The van der Waals surface area contributed by atoms with Crippen LogP contribution in [0.25, 0.3) is 0 Å². The molecule has 0 saturated carbocycles. The van der Waals surface area contributed by atoms with Gasteiger partial charge in [-0.15, -0.1) is 0 Å². The lowest BCUT2D eigenvalue weighted by Crippen LogP contribution is -2.49. The number of benzene rings is 2. The van der Waals surface area contributed by atoms with Gasteiger partial charge in [-0.3, -0.25) is 9.59 Å².